The van der Waals surface area contributed by atoms with E-state index in [1.807, 2.05) is 0 Å². The number of carbonyl (C=O) groups excluding carboxylic acids is 1. The van der Waals surface area contributed by atoms with Crippen LogP contribution in [0.15, 0.2) is 24.5 Å². The highest BCUT2D eigenvalue weighted by Crippen LogP contribution is 2.24. The van der Waals surface area contributed by atoms with Gasteiger partial charge in [-0.3, -0.25) is 9.59 Å². The lowest BCUT2D eigenvalue weighted by Gasteiger charge is -2.22. The summed E-state index contributed by atoms with van der Waals surface area (Å²) in [6.45, 7) is 4.94. The van der Waals surface area contributed by atoms with Gasteiger partial charge >= 0.3 is 5.97 Å². The summed E-state index contributed by atoms with van der Waals surface area (Å²) in [5, 5.41) is 12.9. The van der Waals surface area contributed by atoms with E-state index < -0.39 is 11.9 Å². The average molecular weight is 411 g/mol. The fourth-order valence-electron chi connectivity index (χ4n) is 3.78. The SMILES string of the molecule is Cc1ncc([C@H](CCC(=O)CCCCc2ccc3c(n2)NCC(C)C3)C(=O)O)cn1. The number of anilines is 1. The molecule has 0 bridgehead atoms. The zero-order chi connectivity index (χ0) is 21.5. The van der Waals surface area contributed by atoms with Crippen LogP contribution >= 0.6 is 0 Å². The van der Waals surface area contributed by atoms with E-state index in [9.17, 15) is 14.7 Å². The molecule has 30 heavy (non-hydrogen) atoms. The highest BCUT2D eigenvalue weighted by Gasteiger charge is 2.21. The second-order valence-electron chi connectivity index (χ2n) is 8.24. The number of carboxylic acid groups (broad SMARTS) is 1. The third-order valence-electron chi connectivity index (χ3n) is 5.57. The number of fused-ring (bicyclic) bond motifs is 1. The van der Waals surface area contributed by atoms with Gasteiger partial charge in [-0.05, 0) is 56.6 Å². The number of rotatable bonds is 10. The molecule has 0 amide bonds. The lowest BCUT2D eigenvalue weighted by atomic mass is 9.94. The first-order chi connectivity index (χ1) is 14.4. The smallest absolute Gasteiger partial charge is 0.311 e. The number of nitrogens with one attached hydrogen (secondary N) is 1. The Kier molecular flexibility index (Phi) is 7.49. The van der Waals surface area contributed by atoms with Gasteiger partial charge in [-0.25, -0.2) is 15.0 Å². The van der Waals surface area contributed by atoms with Crippen molar-refractivity contribution in [2.24, 2.45) is 5.92 Å². The number of unbranched alkanes of at least 4 members (excludes halogenated alkanes) is 1. The third-order valence-corrected chi connectivity index (χ3v) is 5.57. The van der Waals surface area contributed by atoms with Crippen molar-refractivity contribution < 1.29 is 14.7 Å². The molecule has 2 atom stereocenters. The van der Waals surface area contributed by atoms with Gasteiger partial charge in [0.2, 0.25) is 0 Å². The molecule has 0 fully saturated rings. The predicted octanol–water partition coefficient (Wildman–Crippen LogP) is 3.71. The molecule has 1 aliphatic rings. The highest BCUT2D eigenvalue weighted by molar-refractivity contribution is 5.80. The van der Waals surface area contributed by atoms with E-state index in [0.717, 1.165) is 43.7 Å². The Morgan fingerprint density at radius 3 is 2.70 bits per heavy atom. The number of aliphatic carboxylic acids is 1. The van der Waals surface area contributed by atoms with Crippen LogP contribution in [-0.2, 0) is 22.4 Å². The van der Waals surface area contributed by atoms with E-state index in [4.69, 9.17) is 4.98 Å². The maximum atomic E-state index is 12.2. The van der Waals surface area contributed by atoms with Crippen LogP contribution in [0.1, 0.15) is 67.6 Å². The summed E-state index contributed by atoms with van der Waals surface area (Å²) < 4.78 is 0. The Hall–Kier alpha value is -2.83. The van der Waals surface area contributed by atoms with E-state index in [1.54, 1.807) is 6.92 Å². The number of nitrogens with zero attached hydrogens (tertiary/aromatic N) is 3. The maximum absolute atomic E-state index is 12.2. The van der Waals surface area contributed by atoms with Gasteiger partial charge in [0.25, 0.3) is 0 Å². The molecule has 0 spiro atoms. The minimum atomic E-state index is -0.947. The summed E-state index contributed by atoms with van der Waals surface area (Å²) in [7, 11) is 0. The van der Waals surface area contributed by atoms with Crippen LogP contribution in [0.5, 0.6) is 0 Å². The van der Waals surface area contributed by atoms with Gasteiger partial charge in [-0.15, -0.1) is 0 Å². The van der Waals surface area contributed by atoms with Crippen molar-refractivity contribution in [3.05, 3.63) is 47.2 Å². The predicted molar refractivity (Wildman–Crippen MR) is 115 cm³/mol. The summed E-state index contributed by atoms with van der Waals surface area (Å²) in [6.07, 6.45) is 7.65. The summed E-state index contributed by atoms with van der Waals surface area (Å²) >= 11 is 0. The van der Waals surface area contributed by atoms with Gasteiger partial charge in [0.05, 0.1) is 5.92 Å². The van der Waals surface area contributed by atoms with Crippen LogP contribution in [-0.4, -0.2) is 38.4 Å². The second-order valence-corrected chi connectivity index (χ2v) is 8.24. The fraction of sp³-hybridized carbons (Fsp3) is 0.522. The number of aryl methyl sites for hydroxylation is 2. The molecule has 7 heteroatoms. The van der Waals surface area contributed by atoms with Crippen molar-refractivity contribution in [2.45, 2.75) is 64.7 Å². The largest absolute Gasteiger partial charge is 0.481 e. The number of ketones is 1. The first-order valence-corrected chi connectivity index (χ1v) is 10.7. The quantitative estimate of drug-likeness (QED) is 0.575. The van der Waals surface area contributed by atoms with Gasteiger partial charge < -0.3 is 10.4 Å². The van der Waals surface area contributed by atoms with Crippen LogP contribution < -0.4 is 5.32 Å². The summed E-state index contributed by atoms with van der Waals surface area (Å²) in [4.78, 5) is 36.6. The molecule has 160 valence electrons. The van der Waals surface area contributed by atoms with Gasteiger partial charge in [-0.1, -0.05) is 13.0 Å². The molecule has 0 aliphatic carbocycles. The zero-order valence-electron chi connectivity index (χ0n) is 17.7. The molecule has 7 nitrogen and oxygen atoms in total. The van der Waals surface area contributed by atoms with Crippen molar-refractivity contribution in [3.8, 4) is 0 Å². The lowest BCUT2D eigenvalue weighted by Crippen LogP contribution is -2.21. The Labute approximate surface area is 177 Å². The van der Waals surface area contributed by atoms with Crippen molar-refractivity contribution in [3.63, 3.8) is 0 Å². The van der Waals surface area contributed by atoms with Crippen molar-refractivity contribution in [1.29, 1.82) is 0 Å². The van der Waals surface area contributed by atoms with Crippen LogP contribution in [0.25, 0.3) is 0 Å². The third kappa shape index (κ3) is 6.08. The number of aromatic nitrogens is 3. The number of hydrogen-bond acceptors (Lipinski definition) is 6. The Morgan fingerprint density at radius 2 is 1.97 bits per heavy atom. The topological polar surface area (TPSA) is 105 Å². The average Bonchev–Trinajstić information content (AvgIpc) is 2.72. The van der Waals surface area contributed by atoms with E-state index in [-0.39, 0.29) is 18.6 Å². The Morgan fingerprint density at radius 1 is 1.20 bits per heavy atom. The molecular weight excluding hydrogens is 380 g/mol. The van der Waals surface area contributed by atoms with E-state index in [1.165, 1.54) is 18.0 Å². The first-order valence-electron chi connectivity index (χ1n) is 10.7. The molecule has 3 heterocycles. The van der Waals surface area contributed by atoms with E-state index in [2.05, 4.69) is 34.3 Å². The number of carboxylic acids is 1. The molecular formula is C23H30N4O3. The molecule has 0 saturated heterocycles. The molecule has 3 rings (SSSR count). The molecule has 1 aliphatic heterocycles. The lowest BCUT2D eigenvalue weighted by molar-refractivity contribution is -0.139. The van der Waals surface area contributed by atoms with Crippen molar-refractivity contribution in [1.82, 2.24) is 15.0 Å². The fourth-order valence-corrected chi connectivity index (χ4v) is 3.78. The normalized spacial score (nSPS) is 16.4. The molecule has 0 aromatic carbocycles. The van der Waals surface area contributed by atoms with E-state index >= 15 is 0 Å². The minimum absolute atomic E-state index is 0.100. The second kappa shape index (κ2) is 10.3. The minimum Gasteiger partial charge on any atom is -0.481 e. The molecule has 0 radical (unpaired) electrons. The molecule has 0 saturated carbocycles. The summed E-state index contributed by atoms with van der Waals surface area (Å²) in [5.74, 6) is 0.638. The van der Waals surface area contributed by atoms with Crippen molar-refractivity contribution in [2.75, 3.05) is 11.9 Å². The van der Waals surface area contributed by atoms with Crippen LogP contribution in [0, 0.1) is 12.8 Å². The first kappa shape index (κ1) is 21.9. The zero-order valence-corrected chi connectivity index (χ0v) is 17.7. The van der Waals surface area contributed by atoms with Crippen LogP contribution in [0.3, 0.4) is 0 Å². The van der Waals surface area contributed by atoms with Gasteiger partial charge in [0.1, 0.15) is 17.4 Å². The number of hydrogen-bond donors (Lipinski definition) is 2. The monoisotopic (exact) mass is 410 g/mol. The highest BCUT2D eigenvalue weighted by atomic mass is 16.4. The standard InChI is InChI=1S/C23H30N4O3/c1-15-11-17-7-8-19(27-22(17)26-12-15)5-3-4-6-20(28)9-10-21(23(29)30)18-13-24-16(2)25-14-18/h7-8,13-15,21H,3-6,9-12H2,1-2H3,(H,26,27)(H,29,30)/t15?,21-/m0/s1. The van der Waals surface area contributed by atoms with Gasteiger partial charge in [0.15, 0.2) is 0 Å². The van der Waals surface area contributed by atoms with Crippen LogP contribution in [0.2, 0.25) is 0 Å². The number of pyridine rings is 1. The Balaban J connectivity index is 1.40. The summed E-state index contributed by atoms with van der Waals surface area (Å²) in [5.41, 5.74) is 2.87. The molecule has 2 N–H and O–H groups in total. The molecule has 2 aromatic heterocycles. The van der Waals surface area contributed by atoms with Gasteiger partial charge in [0, 0.05) is 43.0 Å². The number of carbonyl (C=O) groups is 2. The number of Topliss-reactive ketones (excluding diaryl/α,β-unsaturated/α-hetero) is 1. The summed E-state index contributed by atoms with van der Waals surface area (Å²) in [6, 6.07) is 4.24. The maximum Gasteiger partial charge on any atom is 0.311 e. The van der Waals surface area contributed by atoms with E-state index in [0.29, 0.717) is 23.7 Å². The van der Waals surface area contributed by atoms with Crippen molar-refractivity contribution >= 4 is 17.6 Å². The molecule has 1 unspecified atom stereocenters. The molecule has 2 aromatic rings. The Bertz CT molecular complexity index is 883. The van der Waals surface area contributed by atoms with Crippen LogP contribution in [0.4, 0.5) is 5.82 Å². The van der Waals surface area contributed by atoms with Gasteiger partial charge in [-0.2, -0.15) is 0 Å².